The Kier molecular flexibility index (Phi) is 3.19. The Labute approximate surface area is 112 Å². The lowest BCUT2D eigenvalue weighted by Gasteiger charge is -2.32. The first-order valence-corrected chi connectivity index (χ1v) is 6.80. The van der Waals surface area contributed by atoms with Gasteiger partial charge in [-0.25, -0.2) is 4.79 Å². The molecule has 0 bridgehead atoms. The van der Waals surface area contributed by atoms with Crippen LogP contribution in [0, 0.1) is 0 Å². The first-order valence-electron chi connectivity index (χ1n) is 6.80. The van der Waals surface area contributed by atoms with E-state index in [4.69, 9.17) is 14.2 Å². The molecule has 0 aromatic heterocycles. The van der Waals surface area contributed by atoms with Crippen molar-refractivity contribution in [3.8, 4) is 5.75 Å². The van der Waals surface area contributed by atoms with Gasteiger partial charge in [-0.15, -0.1) is 0 Å². The Bertz CT molecular complexity index is 489. The van der Waals surface area contributed by atoms with Crippen LogP contribution in [0.2, 0.25) is 0 Å². The summed E-state index contributed by atoms with van der Waals surface area (Å²) >= 11 is 0. The van der Waals surface area contributed by atoms with Crippen molar-refractivity contribution < 1.29 is 19.0 Å². The highest BCUT2D eigenvalue weighted by Crippen LogP contribution is 2.42. The molecule has 0 radical (unpaired) electrons. The van der Waals surface area contributed by atoms with Gasteiger partial charge in [0.25, 0.3) is 0 Å². The van der Waals surface area contributed by atoms with E-state index in [-0.39, 0.29) is 11.6 Å². The van der Waals surface area contributed by atoms with Gasteiger partial charge in [0, 0.05) is 24.8 Å². The van der Waals surface area contributed by atoms with E-state index in [0.717, 1.165) is 43.8 Å². The SMILES string of the molecule is CCOC(=O)c1cccc2c1CC1(CCOCC1)O2. The zero-order valence-corrected chi connectivity index (χ0v) is 11.1. The second-order valence-electron chi connectivity index (χ2n) is 5.08. The second kappa shape index (κ2) is 4.85. The monoisotopic (exact) mass is 262 g/mol. The van der Waals surface area contributed by atoms with Crippen LogP contribution in [0.25, 0.3) is 0 Å². The number of ether oxygens (including phenoxy) is 3. The molecule has 2 aliphatic rings. The van der Waals surface area contributed by atoms with Crippen molar-refractivity contribution in [1.82, 2.24) is 0 Å². The summed E-state index contributed by atoms with van der Waals surface area (Å²) in [4.78, 5) is 12.0. The third-order valence-electron chi connectivity index (χ3n) is 3.86. The number of esters is 1. The molecule has 0 unspecified atom stereocenters. The Morgan fingerprint density at radius 1 is 1.37 bits per heavy atom. The van der Waals surface area contributed by atoms with Crippen molar-refractivity contribution >= 4 is 5.97 Å². The summed E-state index contributed by atoms with van der Waals surface area (Å²) in [5.41, 5.74) is 1.45. The van der Waals surface area contributed by atoms with E-state index in [9.17, 15) is 4.79 Å². The fourth-order valence-electron chi connectivity index (χ4n) is 2.86. The molecule has 4 nitrogen and oxygen atoms in total. The van der Waals surface area contributed by atoms with Crippen LogP contribution in [-0.2, 0) is 15.9 Å². The number of fused-ring (bicyclic) bond motifs is 1. The lowest BCUT2D eigenvalue weighted by molar-refractivity contribution is -0.0330. The number of carbonyl (C=O) groups is 1. The van der Waals surface area contributed by atoms with Crippen molar-refractivity contribution in [2.45, 2.75) is 31.8 Å². The van der Waals surface area contributed by atoms with E-state index in [1.54, 1.807) is 0 Å². The van der Waals surface area contributed by atoms with Crippen molar-refractivity contribution in [1.29, 1.82) is 0 Å². The minimum atomic E-state index is -0.257. The van der Waals surface area contributed by atoms with Crippen LogP contribution >= 0.6 is 0 Å². The minimum Gasteiger partial charge on any atom is -0.486 e. The van der Waals surface area contributed by atoms with E-state index < -0.39 is 0 Å². The molecule has 0 saturated carbocycles. The van der Waals surface area contributed by atoms with E-state index in [0.29, 0.717) is 12.2 Å². The number of hydrogen-bond acceptors (Lipinski definition) is 4. The summed E-state index contributed by atoms with van der Waals surface area (Å²) in [6.45, 7) is 3.66. The third kappa shape index (κ3) is 2.21. The average molecular weight is 262 g/mol. The molecule has 1 aromatic carbocycles. The molecule has 102 valence electrons. The van der Waals surface area contributed by atoms with Crippen LogP contribution in [0.1, 0.15) is 35.7 Å². The third-order valence-corrected chi connectivity index (χ3v) is 3.86. The fraction of sp³-hybridized carbons (Fsp3) is 0.533. The highest BCUT2D eigenvalue weighted by molar-refractivity contribution is 5.92. The minimum absolute atomic E-state index is 0.177. The van der Waals surface area contributed by atoms with Crippen LogP contribution in [0.5, 0.6) is 5.75 Å². The number of carbonyl (C=O) groups excluding carboxylic acids is 1. The quantitative estimate of drug-likeness (QED) is 0.767. The van der Waals surface area contributed by atoms with Gasteiger partial charge in [0.15, 0.2) is 0 Å². The summed E-state index contributed by atoms with van der Waals surface area (Å²) in [5, 5.41) is 0. The predicted octanol–water partition coefficient (Wildman–Crippen LogP) is 2.35. The Balaban J connectivity index is 1.90. The van der Waals surface area contributed by atoms with Crippen LogP contribution in [0.15, 0.2) is 18.2 Å². The standard InChI is InChI=1S/C15H18O4/c1-2-18-14(16)11-4-3-5-13-12(11)10-15(19-13)6-8-17-9-7-15/h3-5H,2,6-10H2,1H3. The van der Waals surface area contributed by atoms with Crippen molar-refractivity contribution in [3.05, 3.63) is 29.3 Å². The van der Waals surface area contributed by atoms with Gasteiger partial charge in [-0.2, -0.15) is 0 Å². The topological polar surface area (TPSA) is 44.8 Å². The van der Waals surface area contributed by atoms with Gasteiger partial charge in [0.2, 0.25) is 0 Å². The lowest BCUT2D eigenvalue weighted by Crippen LogP contribution is -2.40. The van der Waals surface area contributed by atoms with Crippen molar-refractivity contribution in [3.63, 3.8) is 0 Å². The Morgan fingerprint density at radius 3 is 2.89 bits per heavy atom. The summed E-state index contributed by atoms with van der Waals surface area (Å²) in [7, 11) is 0. The largest absolute Gasteiger partial charge is 0.486 e. The summed E-state index contributed by atoms with van der Waals surface area (Å²) in [5.74, 6) is 0.569. The second-order valence-corrected chi connectivity index (χ2v) is 5.08. The lowest BCUT2D eigenvalue weighted by atomic mass is 9.88. The molecule has 0 amide bonds. The first-order chi connectivity index (χ1) is 9.24. The zero-order chi connectivity index (χ0) is 13.3. The van der Waals surface area contributed by atoms with Gasteiger partial charge in [0.05, 0.1) is 25.4 Å². The molecule has 0 aliphatic carbocycles. The van der Waals surface area contributed by atoms with Crippen LogP contribution in [0.4, 0.5) is 0 Å². The van der Waals surface area contributed by atoms with Gasteiger partial charge in [0.1, 0.15) is 11.4 Å². The molecule has 0 atom stereocenters. The van der Waals surface area contributed by atoms with Crippen molar-refractivity contribution in [2.24, 2.45) is 0 Å². The Hall–Kier alpha value is -1.55. The first kappa shape index (κ1) is 12.5. The van der Waals surface area contributed by atoms with E-state index >= 15 is 0 Å². The van der Waals surface area contributed by atoms with E-state index in [1.807, 2.05) is 25.1 Å². The molecular weight excluding hydrogens is 244 g/mol. The zero-order valence-electron chi connectivity index (χ0n) is 11.1. The number of rotatable bonds is 2. The Morgan fingerprint density at radius 2 is 2.16 bits per heavy atom. The smallest absolute Gasteiger partial charge is 0.338 e. The van der Waals surface area contributed by atoms with Crippen LogP contribution in [0.3, 0.4) is 0 Å². The van der Waals surface area contributed by atoms with E-state index in [1.165, 1.54) is 0 Å². The summed E-state index contributed by atoms with van der Waals surface area (Å²) in [6, 6.07) is 5.60. The van der Waals surface area contributed by atoms with Gasteiger partial charge < -0.3 is 14.2 Å². The molecule has 0 N–H and O–H groups in total. The molecule has 19 heavy (non-hydrogen) atoms. The maximum Gasteiger partial charge on any atom is 0.338 e. The maximum atomic E-state index is 12.0. The van der Waals surface area contributed by atoms with Crippen LogP contribution in [-0.4, -0.2) is 31.4 Å². The molecule has 1 saturated heterocycles. The molecule has 2 heterocycles. The summed E-state index contributed by atoms with van der Waals surface area (Å²) < 4.78 is 16.6. The molecule has 3 rings (SSSR count). The molecule has 1 fully saturated rings. The van der Waals surface area contributed by atoms with Gasteiger partial charge in [-0.1, -0.05) is 6.07 Å². The van der Waals surface area contributed by atoms with Gasteiger partial charge in [-0.3, -0.25) is 0 Å². The number of hydrogen-bond donors (Lipinski definition) is 0. The maximum absolute atomic E-state index is 12.0. The van der Waals surface area contributed by atoms with Crippen LogP contribution < -0.4 is 4.74 Å². The molecule has 1 aromatic rings. The highest BCUT2D eigenvalue weighted by atomic mass is 16.5. The van der Waals surface area contributed by atoms with Gasteiger partial charge in [-0.05, 0) is 19.1 Å². The van der Waals surface area contributed by atoms with E-state index in [2.05, 4.69) is 0 Å². The average Bonchev–Trinajstić information content (AvgIpc) is 2.76. The molecular formula is C15H18O4. The number of benzene rings is 1. The predicted molar refractivity (Wildman–Crippen MR) is 69.5 cm³/mol. The van der Waals surface area contributed by atoms with Gasteiger partial charge >= 0.3 is 5.97 Å². The fourth-order valence-corrected chi connectivity index (χ4v) is 2.86. The normalized spacial score (nSPS) is 19.8. The molecule has 4 heteroatoms. The molecule has 1 spiro atoms. The highest BCUT2D eigenvalue weighted by Gasteiger charge is 2.42. The molecule has 2 aliphatic heterocycles. The summed E-state index contributed by atoms with van der Waals surface area (Å²) in [6.07, 6.45) is 2.54. The van der Waals surface area contributed by atoms with Crippen molar-refractivity contribution in [2.75, 3.05) is 19.8 Å².